The number of carbonyl (C=O) groups excluding carboxylic acids is 2. The SMILES string of the molecule is C/C=C(\C)C(=O)O[C@H]1[C@H](O)[C@]2(COC(C)=O)[C@H](O)C[C@]3(C)C(=CC[C@@H]4[C@@]5(C)CC[C@H](O[C@@H]6O[C@H](CO)[C@@H](O[C@@H]7O[C@H](CO)[C@@H](O)[C@H](O)[C@H]7O)[C@H](O)[C@H]6O[C@@H]6O[C@H](CO)[C@H](O)[C@H](O)[C@H]6O)C(C)(C)[C@@H]5CC[C@]43C)[C@@H]2CC1(C)C. The van der Waals surface area contributed by atoms with Crippen LogP contribution < -0.4 is 0 Å². The fraction of sp³-hybridized carbons (Fsp3) is 0.891. The number of esters is 2. The maximum atomic E-state index is 13.3. The van der Waals surface area contributed by atoms with E-state index in [0.717, 1.165) is 18.4 Å². The van der Waals surface area contributed by atoms with Crippen LogP contribution in [-0.4, -0.2) is 216 Å². The van der Waals surface area contributed by atoms with Crippen molar-refractivity contribution in [2.24, 2.45) is 50.2 Å². The minimum absolute atomic E-state index is 0.00249. The van der Waals surface area contributed by atoms with Gasteiger partial charge in [-0.1, -0.05) is 66.2 Å². The van der Waals surface area contributed by atoms with Crippen molar-refractivity contribution >= 4 is 11.9 Å². The number of carbonyl (C=O) groups is 2. The van der Waals surface area contributed by atoms with Crippen LogP contribution in [0, 0.1) is 50.2 Å². The largest absolute Gasteiger partial charge is 0.465 e. The van der Waals surface area contributed by atoms with Crippen LogP contribution in [0.4, 0.5) is 0 Å². The molecule has 440 valence electrons. The number of rotatable bonds is 13. The van der Waals surface area contributed by atoms with Crippen molar-refractivity contribution in [1.82, 2.24) is 0 Å². The summed E-state index contributed by atoms with van der Waals surface area (Å²) >= 11 is 0. The van der Waals surface area contributed by atoms with Crippen LogP contribution in [-0.2, 0) is 47.5 Å². The van der Waals surface area contributed by atoms with Crippen molar-refractivity contribution in [3.63, 3.8) is 0 Å². The third kappa shape index (κ3) is 9.89. The highest BCUT2D eigenvalue weighted by Crippen LogP contribution is 2.76. The number of ether oxygens (including phenoxy) is 8. The summed E-state index contributed by atoms with van der Waals surface area (Å²) in [6, 6.07) is 0. The minimum atomic E-state index is -1.92. The molecule has 3 heterocycles. The molecule has 0 spiro atoms. The number of aliphatic hydroxyl groups excluding tert-OH is 12. The first-order chi connectivity index (χ1) is 35.9. The standard InChI is InChI=1S/C55H88O22/c1-11-24(2)46(69)77-45-44(68)55(23-70-25(3)59)27(18-50(45,4)5)26-12-13-32-52(8)16-15-34(51(6,7)31(52)14-17-53(32,9)54(26,10)19-33(55)60)74-49-43(76-48-40(66)38(64)36(62)29(21-57)72-48)41(67)42(30(22-58)73-49)75-47-39(65)37(63)35(61)28(20-56)71-47/h11-12,27-45,47-49,56-58,60-68H,13-23H2,1-10H3/b24-11+/t27-,28+,29+,30+,31-,32+,33+,34-,35+,36-,37-,38-,39+,40+,41-,42+,43+,44-,45-,47-,48-,49-,52-,53+,54+,55-/m0/s1. The van der Waals surface area contributed by atoms with Crippen LogP contribution in [0.2, 0.25) is 0 Å². The molecule has 12 N–H and O–H groups in total. The Labute approximate surface area is 450 Å². The summed E-state index contributed by atoms with van der Waals surface area (Å²) in [4.78, 5) is 25.8. The van der Waals surface area contributed by atoms with Gasteiger partial charge in [-0.05, 0) is 98.2 Å². The molecule has 22 nitrogen and oxygen atoms in total. The van der Waals surface area contributed by atoms with Crippen molar-refractivity contribution in [2.75, 3.05) is 26.4 Å². The number of allylic oxidation sites excluding steroid dienone is 3. The Balaban J connectivity index is 1.09. The summed E-state index contributed by atoms with van der Waals surface area (Å²) in [5, 5.41) is 133. The molecule has 0 bridgehead atoms. The second-order valence-corrected chi connectivity index (χ2v) is 25.7. The molecular formula is C55H88O22. The average Bonchev–Trinajstić information content (AvgIpc) is 3.57. The van der Waals surface area contributed by atoms with Gasteiger partial charge >= 0.3 is 11.9 Å². The number of fused-ring (bicyclic) bond motifs is 7. The molecule has 0 amide bonds. The van der Waals surface area contributed by atoms with Gasteiger partial charge in [0, 0.05) is 17.9 Å². The van der Waals surface area contributed by atoms with Gasteiger partial charge in [0.05, 0.1) is 37.4 Å². The molecule has 0 unspecified atom stereocenters. The van der Waals surface area contributed by atoms with Gasteiger partial charge in [-0.3, -0.25) is 4.79 Å². The summed E-state index contributed by atoms with van der Waals surface area (Å²) in [7, 11) is 0. The van der Waals surface area contributed by atoms with Crippen molar-refractivity contribution < 1.29 is 109 Å². The summed E-state index contributed by atoms with van der Waals surface area (Å²) in [5.41, 5.74) is -2.63. The first kappa shape index (κ1) is 60.8. The van der Waals surface area contributed by atoms with Crippen LogP contribution >= 0.6 is 0 Å². The normalized spacial score (nSPS) is 50.5. The zero-order chi connectivity index (χ0) is 56.9. The maximum absolute atomic E-state index is 13.3. The van der Waals surface area contributed by atoms with Gasteiger partial charge in [0.25, 0.3) is 0 Å². The molecule has 4 saturated carbocycles. The first-order valence-electron chi connectivity index (χ1n) is 27.5. The highest BCUT2D eigenvalue weighted by molar-refractivity contribution is 5.87. The van der Waals surface area contributed by atoms with E-state index in [9.17, 15) is 70.9 Å². The Bertz CT molecular complexity index is 2190. The summed E-state index contributed by atoms with van der Waals surface area (Å²) in [5.74, 6) is -1.51. The Morgan fingerprint density at radius 2 is 1.22 bits per heavy atom. The molecule has 22 heteroatoms. The topological polar surface area (TPSA) is 351 Å². The number of hydrogen-bond acceptors (Lipinski definition) is 22. The highest BCUT2D eigenvalue weighted by Gasteiger charge is 2.73. The lowest BCUT2D eigenvalue weighted by molar-refractivity contribution is -0.395. The first-order valence-corrected chi connectivity index (χ1v) is 27.5. The fourth-order valence-electron chi connectivity index (χ4n) is 16.1. The van der Waals surface area contributed by atoms with Crippen LogP contribution in [0.1, 0.15) is 114 Å². The van der Waals surface area contributed by atoms with Crippen molar-refractivity contribution in [1.29, 1.82) is 0 Å². The fourth-order valence-corrected chi connectivity index (χ4v) is 16.1. The van der Waals surface area contributed by atoms with Crippen LogP contribution in [0.3, 0.4) is 0 Å². The van der Waals surface area contributed by atoms with Gasteiger partial charge in [0.15, 0.2) is 18.9 Å². The van der Waals surface area contributed by atoms with Crippen LogP contribution in [0.25, 0.3) is 0 Å². The van der Waals surface area contributed by atoms with Crippen LogP contribution in [0.5, 0.6) is 0 Å². The lowest BCUT2D eigenvalue weighted by atomic mass is 9.33. The van der Waals surface area contributed by atoms with Gasteiger partial charge in [-0.15, -0.1) is 0 Å². The molecule has 26 atom stereocenters. The molecule has 5 aliphatic carbocycles. The van der Waals surface area contributed by atoms with E-state index in [0.29, 0.717) is 31.3 Å². The number of hydrogen-bond donors (Lipinski definition) is 12. The third-order valence-electron chi connectivity index (χ3n) is 20.9. The molecule has 3 aliphatic heterocycles. The summed E-state index contributed by atoms with van der Waals surface area (Å²) in [6.07, 6.45) is -21.9. The molecule has 77 heavy (non-hydrogen) atoms. The van der Waals surface area contributed by atoms with E-state index < -0.39 is 181 Å². The molecule has 8 aliphatic rings. The van der Waals surface area contributed by atoms with Gasteiger partial charge in [-0.2, -0.15) is 0 Å². The Hall–Kier alpha value is -2.30. The average molecular weight is 1100 g/mol. The van der Waals surface area contributed by atoms with Gasteiger partial charge in [0.1, 0.15) is 92.1 Å². The molecule has 3 saturated heterocycles. The maximum Gasteiger partial charge on any atom is 0.333 e. The zero-order valence-electron chi connectivity index (χ0n) is 46.1. The Morgan fingerprint density at radius 3 is 1.77 bits per heavy atom. The predicted molar refractivity (Wildman–Crippen MR) is 267 cm³/mol. The van der Waals surface area contributed by atoms with Gasteiger partial charge in [0.2, 0.25) is 0 Å². The molecule has 0 aromatic rings. The number of aliphatic hydroxyl groups is 12. The molecule has 0 aromatic heterocycles. The Morgan fingerprint density at radius 1 is 0.662 bits per heavy atom. The minimum Gasteiger partial charge on any atom is -0.465 e. The van der Waals surface area contributed by atoms with E-state index in [1.807, 2.05) is 13.8 Å². The third-order valence-corrected chi connectivity index (χ3v) is 20.9. The second-order valence-electron chi connectivity index (χ2n) is 25.7. The van der Waals surface area contributed by atoms with E-state index in [2.05, 4.69) is 40.7 Å². The lowest BCUT2D eigenvalue weighted by Gasteiger charge is -2.72. The van der Waals surface area contributed by atoms with Crippen molar-refractivity contribution in [2.45, 2.75) is 231 Å². The summed E-state index contributed by atoms with van der Waals surface area (Å²) < 4.78 is 48.6. The monoisotopic (exact) mass is 1100 g/mol. The van der Waals surface area contributed by atoms with Gasteiger partial charge < -0.3 is 99.2 Å². The smallest absolute Gasteiger partial charge is 0.333 e. The van der Waals surface area contributed by atoms with E-state index in [1.54, 1.807) is 19.9 Å². The van der Waals surface area contributed by atoms with Crippen molar-refractivity contribution in [3.8, 4) is 0 Å². The highest BCUT2D eigenvalue weighted by atomic mass is 16.8. The molecule has 0 radical (unpaired) electrons. The van der Waals surface area contributed by atoms with E-state index in [-0.39, 0.29) is 30.3 Å². The lowest BCUT2D eigenvalue weighted by Crippen LogP contribution is -2.72. The van der Waals surface area contributed by atoms with E-state index in [4.69, 9.17) is 37.9 Å². The second kappa shape index (κ2) is 22.1. The predicted octanol–water partition coefficient (Wildman–Crippen LogP) is -0.386. The Kier molecular flexibility index (Phi) is 17.5. The molecular weight excluding hydrogens is 1010 g/mol. The summed E-state index contributed by atoms with van der Waals surface area (Å²) in [6.45, 7) is 17.0. The molecule has 8 rings (SSSR count). The quantitative estimate of drug-likeness (QED) is 0.0484. The van der Waals surface area contributed by atoms with Crippen LogP contribution in [0.15, 0.2) is 23.3 Å². The van der Waals surface area contributed by atoms with E-state index in [1.165, 1.54) is 6.92 Å². The molecule has 0 aromatic carbocycles. The van der Waals surface area contributed by atoms with E-state index >= 15 is 0 Å². The molecule has 7 fully saturated rings. The van der Waals surface area contributed by atoms with Gasteiger partial charge in [-0.25, -0.2) is 4.79 Å². The zero-order valence-corrected chi connectivity index (χ0v) is 46.1. The van der Waals surface area contributed by atoms with Crippen molar-refractivity contribution in [3.05, 3.63) is 23.3 Å².